The Morgan fingerprint density at radius 2 is 1.61 bits per heavy atom. The van der Waals surface area contributed by atoms with Crippen LogP contribution in [0.4, 0.5) is 26.3 Å². The predicted octanol–water partition coefficient (Wildman–Crippen LogP) is 3.89. The third-order valence-corrected chi connectivity index (χ3v) is 3.57. The molecule has 0 aromatic heterocycles. The molecule has 0 aromatic carbocycles. The maximum Gasteiger partial charge on any atom is 0.410 e. The van der Waals surface area contributed by atoms with Gasteiger partial charge in [0.05, 0.1) is 13.5 Å². The minimum absolute atomic E-state index is 0.197. The summed E-state index contributed by atoms with van der Waals surface area (Å²) >= 11 is 0. The molecule has 136 valence electrons. The highest BCUT2D eigenvalue weighted by Gasteiger charge is 2.78. The highest BCUT2D eigenvalue weighted by atomic mass is 19.4. The van der Waals surface area contributed by atoms with Crippen LogP contribution in [0.1, 0.15) is 39.0 Å². The number of nitro groups is 1. The molecule has 0 aliphatic rings. The Hall–Kier alpha value is -1.55. The lowest BCUT2D eigenvalue weighted by Gasteiger charge is -2.37. The monoisotopic (exact) mass is 353 g/mol. The van der Waals surface area contributed by atoms with E-state index in [0.717, 1.165) is 0 Å². The number of rotatable bonds is 8. The standard InChI is InChI=1S/C12H17F6NO4/c1-3-4-5-6-8(19(21)22)10(11(13,14)15,12(16,17)18)7-9(20)23-2/h8H,3-7H2,1-2H3. The first-order valence-corrected chi connectivity index (χ1v) is 6.68. The first kappa shape index (κ1) is 21.4. The highest BCUT2D eigenvalue weighted by molar-refractivity contribution is 5.70. The molecule has 0 fully saturated rings. The molecule has 0 saturated carbocycles. The van der Waals surface area contributed by atoms with Crippen molar-refractivity contribution in [3.63, 3.8) is 0 Å². The van der Waals surface area contributed by atoms with E-state index in [1.54, 1.807) is 6.92 Å². The molecule has 0 aliphatic carbocycles. The summed E-state index contributed by atoms with van der Waals surface area (Å²) in [5.41, 5.74) is -4.79. The molecule has 11 heteroatoms. The minimum Gasteiger partial charge on any atom is -0.469 e. The van der Waals surface area contributed by atoms with Gasteiger partial charge in [-0.3, -0.25) is 14.9 Å². The van der Waals surface area contributed by atoms with E-state index in [9.17, 15) is 41.3 Å². The van der Waals surface area contributed by atoms with Gasteiger partial charge in [0.1, 0.15) is 0 Å². The van der Waals surface area contributed by atoms with Gasteiger partial charge in [-0.2, -0.15) is 26.3 Å². The van der Waals surface area contributed by atoms with Gasteiger partial charge < -0.3 is 4.74 Å². The number of carbonyl (C=O) groups excluding carboxylic acids is 1. The second-order valence-electron chi connectivity index (χ2n) is 5.02. The summed E-state index contributed by atoms with van der Waals surface area (Å²) in [6, 6.07) is -3.02. The minimum atomic E-state index is -6.04. The fourth-order valence-corrected chi connectivity index (χ4v) is 2.28. The average molecular weight is 353 g/mol. The van der Waals surface area contributed by atoms with E-state index in [2.05, 4.69) is 4.74 Å². The number of ether oxygens (including phenoxy) is 1. The Bertz CT molecular complexity index is 407. The topological polar surface area (TPSA) is 69.4 Å². The average Bonchev–Trinajstić information content (AvgIpc) is 2.38. The molecule has 0 saturated heterocycles. The van der Waals surface area contributed by atoms with Crippen LogP contribution < -0.4 is 0 Å². The zero-order valence-corrected chi connectivity index (χ0v) is 12.5. The smallest absolute Gasteiger partial charge is 0.410 e. The molecule has 0 bridgehead atoms. The molecule has 0 aliphatic heterocycles. The Morgan fingerprint density at radius 1 is 1.13 bits per heavy atom. The molecule has 0 N–H and O–H groups in total. The Balaban J connectivity index is 6.12. The van der Waals surface area contributed by atoms with Crippen LogP contribution in [0, 0.1) is 15.5 Å². The number of hydrogen-bond donors (Lipinski definition) is 0. The molecule has 1 unspecified atom stereocenters. The van der Waals surface area contributed by atoms with Crippen LogP contribution in [0.5, 0.6) is 0 Å². The van der Waals surface area contributed by atoms with Crippen LogP contribution >= 0.6 is 0 Å². The number of hydrogen-bond acceptors (Lipinski definition) is 4. The molecule has 0 spiro atoms. The molecule has 0 heterocycles. The highest BCUT2D eigenvalue weighted by Crippen LogP contribution is 2.56. The van der Waals surface area contributed by atoms with Gasteiger partial charge in [0.15, 0.2) is 0 Å². The van der Waals surface area contributed by atoms with Gasteiger partial charge in [-0.15, -0.1) is 0 Å². The van der Waals surface area contributed by atoms with Gasteiger partial charge in [0, 0.05) is 11.3 Å². The van der Waals surface area contributed by atoms with Gasteiger partial charge in [-0.1, -0.05) is 19.8 Å². The second-order valence-corrected chi connectivity index (χ2v) is 5.02. The molecule has 0 aromatic rings. The third kappa shape index (κ3) is 4.71. The van der Waals surface area contributed by atoms with Crippen molar-refractivity contribution in [3.05, 3.63) is 10.1 Å². The van der Waals surface area contributed by atoms with Crippen molar-refractivity contribution >= 4 is 5.97 Å². The second kappa shape index (κ2) is 7.82. The van der Waals surface area contributed by atoms with Crippen molar-refractivity contribution in [3.8, 4) is 0 Å². The normalized spacial score (nSPS) is 14.4. The molecule has 0 amide bonds. The summed E-state index contributed by atoms with van der Waals surface area (Å²) in [7, 11) is 0.609. The van der Waals surface area contributed by atoms with Crippen LogP contribution in [-0.4, -0.2) is 36.4 Å². The number of unbranched alkanes of at least 4 members (excludes halogenated alkanes) is 2. The van der Waals surface area contributed by atoms with Crippen molar-refractivity contribution in [1.29, 1.82) is 0 Å². The summed E-state index contributed by atoms with van der Waals surface area (Å²) < 4.78 is 83.4. The van der Waals surface area contributed by atoms with E-state index in [1.165, 1.54) is 0 Å². The molecule has 1 atom stereocenters. The van der Waals surface area contributed by atoms with Crippen LogP contribution in [0.15, 0.2) is 0 Å². The summed E-state index contributed by atoms with van der Waals surface area (Å²) in [6.45, 7) is 1.64. The van der Waals surface area contributed by atoms with E-state index in [1.807, 2.05) is 0 Å². The zero-order chi connectivity index (χ0) is 18.5. The van der Waals surface area contributed by atoms with Gasteiger partial charge >= 0.3 is 18.3 Å². The van der Waals surface area contributed by atoms with E-state index in [0.29, 0.717) is 13.5 Å². The van der Waals surface area contributed by atoms with Gasteiger partial charge in [0.25, 0.3) is 0 Å². The summed E-state index contributed by atoms with van der Waals surface area (Å²) in [4.78, 5) is 20.5. The largest absolute Gasteiger partial charge is 0.469 e. The van der Waals surface area contributed by atoms with Crippen LogP contribution in [-0.2, 0) is 9.53 Å². The molecule has 0 radical (unpaired) electrons. The fraction of sp³-hybridized carbons (Fsp3) is 0.917. The van der Waals surface area contributed by atoms with Crippen molar-refractivity contribution < 1.29 is 40.8 Å². The molecule has 5 nitrogen and oxygen atoms in total. The molecular weight excluding hydrogens is 336 g/mol. The Labute approximate surface area is 128 Å². The molecule has 0 rings (SSSR count). The SMILES string of the molecule is CCCCCC([N+](=O)[O-])C(CC(=O)OC)(C(F)(F)F)C(F)(F)F. The van der Waals surface area contributed by atoms with Crippen molar-refractivity contribution in [1.82, 2.24) is 0 Å². The first-order valence-electron chi connectivity index (χ1n) is 6.68. The number of alkyl halides is 6. The number of carbonyl (C=O) groups is 1. The maximum absolute atomic E-state index is 13.3. The van der Waals surface area contributed by atoms with Crippen molar-refractivity contribution in [2.75, 3.05) is 7.11 Å². The Morgan fingerprint density at radius 3 is 1.91 bits per heavy atom. The maximum atomic E-state index is 13.3. The van der Waals surface area contributed by atoms with Crippen molar-refractivity contribution in [2.45, 2.75) is 57.4 Å². The van der Waals surface area contributed by atoms with Crippen molar-refractivity contribution in [2.24, 2.45) is 5.41 Å². The lowest BCUT2D eigenvalue weighted by atomic mass is 9.73. The molecule has 23 heavy (non-hydrogen) atoms. The predicted molar refractivity (Wildman–Crippen MR) is 66.1 cm³/mol. The summed E-state index contributed by atoms with van der Waals surface area (Å²) in [5.74, 6) is -1.82. The molecular formula is C12H17F6NO4. The van der Waals surface area contributed by atoms with Gasteiger partial charge in [-0.25, -0.2) is 0 Å². The van der Waals surface area contributed by atoms with Crippen LogP contribution in [0.2, 0.25) is 0 Å². The number of esters is 1. The van der Waals surface area contributed by atoms with E-state index < -0.39 is 47.5 Å². The van der Waals surface area contributed by atoms with Gasteiger partial charge in [0.2, 0.25) is 11.5 Å². The van der Waals surface area contributed by atoms with Gasteiger partial charge in [-0.05, 0) is 6.42 Å². The number of methoxy groups -OCH3 is 1. The third-order valence-electron chi connectivity index (χ3n) is 3.57. The Kier molecular flexibility index (Phi) is 7.29. The summed E-state index contributed by atoms with van der Waals surface area (Å²) in [6.07, 6.45) is -14.7. The number of halogens is 6. The van der Waals surface area contributed by atoms with Crippen LogP contribution in [0.25, 0.3) is 0 Å². The lowest BCUT2D eigenvalue weighted by molar-refractivity contribution is -0.575. The first-order chi connectivity index (χ1) is 10.3. The quantitative estimate of drug-likeness (QED) is 0.218. The lowest BCUT2D eigenvalue weighted by Crippen LogP contribution is -2.61. The number of nitrogens with zero attached hydrogens (tertiary/aromatic N) is 1. The zero-order valence-electron chi connectivity index (χ0n) is 12.5. The van der Waals surface area contributed by atoms with E-state index in [-0.39, 0.29) is 12.8 Å². The fourth-order valence-electron chi connectivity index (χ4n) is 2.28. The van der Waals surface area contributed by atoms with Crippen LogP contribution in [0.3, 0.4) is 0 Å². The van der Waals surface area contributed by atoms with E-state index in [4.69, 9.17) is 0 Å². The summed E-state index contributed by atoms with van der Waals surface area (Å²) in [5, 5.41) is 11.0. The van der Waals surface area contributed by atoms with E-state index >= 15 is 0 Å².